The van der Waals surface area contributed by atoms with Crippen LogP contribution in [0.25, 0.3) is 11.8 Å². The third kappa shape index (κ3) is 8.64. The largest absolute Gasteiger partial charge is 0.507 e. The fraction of sp³-hybridized carbons (Fsp3) is 0.574. The highest BCUT2D eigenvalue weighted by Gasteiger charge is 2.61. The average Bonchev–Trinajstić information content (AvgIpc) is 3.88. The number of carbonyl (C=O) groups is 3. The number of aromatic amines is 1. The smallest absolute Gasteiger partial charge is 0.318 e. The fourth-order valence-electron chi connectivity index (χ4n) is 13.3. The van der Waals surface area contributed by atoms with Gasteiger partial charge in [-0.05, 0) is 124 Å². The highest BCUT2D eigenvalue weighted by atomic mass is 16.3. The molecule has 3 aromatic rings. The van der Waals surface area contributed by atoms with Gasteiger partial charge in [-0.25, -0.2) is 4.79 Å². The minimum Gasteiger partial charge on any atom is -0.507 e. The summed E-state index contributed by atoms with van der Waals surface area (Å²) in [5.74, 6) is 3.04. The van der Waals surface area contributed by atoms with E-state index in [0.717, 1.165) is 75.1 Å². The van der Waals surface area contributed by atoms with Crippen LogP contribution in [-0.2, 0) is 22.6 Å². The topological polar surface area (TPSA) is 180 Å². The lowest BCUT2D eigenvalue weighted by molar-refractivity contribution is -0.174. The van der Waals surface area contributed by atoms with Crippen molar-refractivity contribution in [3.05, 3.63) is 82.0 Å². The normalized spacial score (nSPS) is 24.9. The number of terminal acetylenes is 1. The number of benzene rings is 2. The summed E-state index contributed by atoms with van der Waals surface area (Å²) in [4.78, 5) is 56.4. The molecule has 10 rings (SSSR count). The Balaban J connectivity index is 0.647. The molecule has 14 heteroatoms. The summed E-state index contributed by atoms with van der Waals surface area (Å²) in [5.41, 5.74) is 19.4. The second kappa shape index (κ2) is 17.8. The maximum atomic E-state index is 14.1. The number of rotatable bonds is 10. The Kier molecular flexibility index (Phi) is 12.1. The molecule has 5 aliphatic heterocycles. The third-order valence-corrected chi connectivity index (χ3v) is 17.1. The van der Waals surface area contributed by atoms with E-state index in [1.807, 2.05) is 68.1 Å². The number of likely N-dealkylation sites (tertiary alicyclic amines) is 4. The van der Waals surface area contributed by atoms with E-state index in [1.165, 1.54) is 50.0 Å². The molecule has 7 aliphatic rings. The lowest BCUT2D eigenvalue weighted by Gasteiger charge is -2.68. The number of nitrogens with zero attached hydrogens (tertiary/aromatic N) is 5. The van der Waals surface area contributed by atoms with Gasteiger partial charge in [0.15, 0.2) is 0 Å². The van der Waals surface area contributed by atoms with Crippen LogP contribution in [0.1, 0.15) is 119 Å². The summed E-state index contributed by atoms with van der Waals surface area (Å²) in [7, 11) is 0. The first-order valence-electron chi connectivity index (χ1n) is 25.2. The van der Waals surface area contributed by atoms with Crippen molar-refractivity contribution in [2.24, 2.45) is 22.0 Å². The van der Waals surface area contributed by atoms with E-state index in [-0.39, 0.29) is 35.1 Å². The quantitative estimate of drug-likeness (QED) is 0.144. The number of urea groups is 1. The summed E-state index contributed by atoms with van der Waals surface area (Å²) in [6.07, 6.45) is 16.9. The van der Waals surface area contributed by atoms with Gasteiger partial charge in [0.25, 0.3) is 0 Å². The van der Waals surface area contributed by atoms with Crippen LogP contribution in [0.3, 0.4) is 0 Å². The molecular formula is C54H72N10O4. The number of hydrogen-bond acceptors (Lipinski definition) is 9. The van der Waals surface area contributed by atoms with Crippen LogP contribution >= 0.6 is 0 Å². The number of aromatic hydroxyl groups is 1. The van der Waals surface area contributed by atoms with Crippen LogP contribution in [-0.4, -0.2) is 135 Å². The molecule has 0 radical (unpaired) electrons. The number of phenols is 1. The van der Waals surface area contributed by atoms with E-state index in [9.17, 15) is 19.5 Å². The Labute approximate surface area is 402 Å². The number of fused-ring (bicyclic) bond motifs is 1. The Bertz CT molecular complexity index is 2470. The van der Waals surface area contributed by atoms with Gasteiger partial charge in [0.1, 0.15) is 23.7 Å². The monoisotopic (exact) mass is 925 g/mol. The zero-order valence-corrected chi connectivity index (χ0v) is 40.5. The van der Waals surface area contributed by atoms with Gasteiger partial charge >= 0.3 is 6.03 Å². The number of carbonyl (C=O) groups excluding carboxylic acids is 3. The number of piperidine rings is 1. The molecule has 6 heterocycles. The number of phenolic OH excluding ortho intramolecular Hbond substituents is 1. The molecule has 4 amide bonds. The number of nitrogens with one attached hydrogen (secondary N) is 3. The Morgan fingerprint density at radius 3 is 2.24 bits per heavy atom. The van der Waals surface area contributed by atoms with Crippen LogP contribution in [0.4, 0.5) is 10.6 Å². The fourth-order valence-corrected chi connectivity index (χ4v) is 13.3. The number of H-pyrrole nitrogens is 1. The summed E-state index contributed by atoms with van der Waals surface area (Å²) in [6.45, 7) is 16.3. The number of para-hydroxylation sites is 1. The van der Waals surface area contributed by atoms with Crippen LogP contribution in [0.15, 0.2) is 48.5 Å². The lowest BCUT2D eigenvalue weighted by Crippen LogP contribution is -2.74. The van der Waals surface area contributed by atoms with Gasteiger partial charge in [0, 0.05) is 110 Å². The zero-order valence-electron chi connectivity index (χ0n) is 40.5. The van der Waals surface area contributed by atoms with Gasteiger partial charge in [0.2, 0.25) is 11.8 Å². The zero-order chi connectivity index (χ0) is 47.7. The molecule has 1 aromatic heterocycles. The van der Waals surface area contributed by atoms with E-state index in [0.29, 0.717) is 60.1 Å². The van der Waals surface area contributed by atoms with Crippen molar-refractivity contribution in [1.82, 2.24) is 40.1 Å². The predicted octanol–water partition coefficient (Wildman–Crippen LogP) is 5.48. The molecule has 3 unspecified atom stereocenters. The number of aromatic nitrogens is 1. The van der Waals surface area contributed by atoms with E-state index in [2.05, 4.69) is 43.2 Å². The Hall–Kier alpha value is -5.49. The summed E-state index contributed by atoms with van der Waals surface area (Å²) in [5, 5.41) is 16.5. The number of nitrogens with two attached hydrogens (primary N) is 2. The van der Waals surface area contributed by atoms with Crippen molar-refractivity contribution in [3.8, 4) is 18.1 Å². The summed E-state index contributed by atoms with van der Waals surface area (Å²) in [6, 6.07) is 15.2. The SMILES string of the molecule is C#Cc1ccc(CNC(=O)C2CCCN2C(=O)C(NC(=O)N2CC3(CC(N4CC5(CC(N6CCC(N7CCc8[nH]c(N)c(/C=C(\N)c9ccccc9O)c8C7C)CC6)C5)C4)C3)C2)C(C)(C)C)cc1. The lowest BCUT2D eigenvalue weighted by atomic mass is 9.55. The van der Waals surface area contributed by atoms with Crippen LogP contribution in [0.2, 0.25) is 0 Å². The first-order valence-corrected chi connectivity index (χ1v) is 25.2. The summed E-state index contributed by atoms with van der Waals surface area (Å²) < 4.78 is 0. The molecule has 0 bridgehead atoms. The highest BCUT2D eigenvalue weighted by Crippen LogP contribution is 2.57. The molecule has 2 spiro atoms. The van der Waals surface area contributed by atoms with Crippen molar-refractivity contribution in [3.63, 3.8) is 0 Å². The maximum Gasteiger partial charge on any atom is 0.318 e. The standard InChI is InChI=1S/C54H72N10O4/c1-6-35-13-15-36(16-14-35)29-57-49(66)44-11-9-20-64(44)50(67)47(52(3,4)5)59-51(68)62-32-54(33-62)27-39(28-54)61-30-53(31-61)25-38(26-53)60-21-17-37(18-22-60)63-23-19-43-46(34(63)2)41(48(56)58-43)24-42(55)40-10-7-8-12-45(40)65/h1,7-8,10,12-16,24,34,37-39,44,47,58,65H,9,11,17-23,25-33,55-56H2,2-5H3,(H,57,66)(H,59,68)/b42-24-. The van der Waals surface area contributed by atoms with Gasteiger partial charge in [-0.15, -0.1) is 6.42 Å². The van der Waals surface area contributed by atoms with E-state index < -0.39 is 17.5 Å². The second-order valence-corrected chi connectivity index (χ2v) is 22.8. The van der Waals surface area contributed by atoms with Gasteiger partial charge in [-0.3, -0.25) is 19.4 Å². The van der Waals surface area contributed by atoms with Crippen molar-refractivity contribution < 1.29 is 19.5 Å². The summed E-state index contributed by atoms with van der Waals surface area (Å²) >= 11 is 0. The first-order chi connectivity index (χ1) is 32.5. The molecule has 3 atom stereocenters. The van der Waals surface area contributed by atoms with Crippen LogP contribution in [0, 0.1) is 28.6 Å². The molecule has 362 valence electrons. The number of hydrogen-bond donors (Lipinski definition) is 6. The molecule has 14 nitrogen and oxygen atoms in total. The molecular weight excluding hydrogens is 853 g/mol. The molecule has 4 saturated heterocycles. The third-order valence-electron chi connectivity index (χ3n) is 17.1. The molecule has 2 saturated carbocycles. The molecule has 8 N–H and O–H groups in total. The van der Waals surface area contributed by atoms with Crippen molar-refractivity contribution in [1.29, 1.82) is 0 Å². The molecule has 68 heavy (non-hydrogen) atoms. The minimum absolute atomic E-state index is 0.164. The van der Waals surface area contributed by atoms with E-state index in [1.54, 1.807) is 17.0 Å². The number of nitrogen functional groups attached to an aromatic ring is 1. The predicted molar refractivity (Wildman–Crippen MR) is 266 cm³/mol. The second-order valence-electron chi connectivity index (χ2n) is 22.8. The van der Waals surface area contributed by atoms with Crippen molar-refractivity contribution in [2.75, 3.05) is 58.1 Å². The van der Waals surface area contributed by atoms with Gasteiger partial charge in [0.05, 0.1) is 0 Å². The average molecular weight is 925 g/mol. The minimum atomic E-state index is -0.742. The van der Waals surface area contributed by atoms with Crippen LogP contribution in [0.5, 0.6) is 5.75 Å². The Morgan fingerprint density at radius 1 is 0.912 bits per heavy atom. The Morgan fingerprint density at radius 2 is 1.57 bits per heavy atom. The maximum absolute atomic E-state index is 14.1. The van der Waals surface area contributed by atoms with E-state index >= 15 is 0 Å². The van der Waals surface area contributed by atoms with Gasteiger partial charge < -0.3 is 46.9 Å². The number of anilines is 1. The van der Waals surface area contributed by atoms with E-state index in [4.69, 9.17) is 17.9 Å². The highest BCUT2D eigenvalue weighted by molar-refractivity contribution is 5.93. The first kappa shape index (κ1) is 46.2. The number of amides is 4. The molecule has 2 aliphatic carbocycles. The van der Waals surface area contributed by atoms with Gasteiger partial charge in [-0.2, -0.15) is 0 Å². The van der Waals surface area contributed by atoms with Crippen LogP contribution < -0.4 is 22.1 Å². The molecule has 2 aromatic carbocycles. The van der Waals surface area contributed by atoms with Gasteiger partial charge in [-0.1, -0.05) is 51.0 Å². The molecule has 6 fully saturated rings. The van der Waals surface area contributed by atoms with Crippen molar-refractivity contribution >= 4 is 35.4 Å². The van der Waals surface area contributed by atoms with Crippen molar-refractivity contribution in [2.45, 2.75) is 128 Å².